The lowest BCUT2D eigenvalue weighted by Crippen LogP contribution is -2.17. The van der Waals surface area contributed by atoms with Crippen LogP contribution in [-0.4, -0.2) is 11.8 Å². The van der Waals surface area contributed by atoms with E-state index in [0.717, 1.165) is 5.56 Å². The maximum Gasteiger partial charge on any atom is 0.293 e. The van der Waals surface area contributed by atoms with Crippen molar-refractivity contribution in [3.8, 4) is 0 Å². The van der Waals surface area contributed by atoms with E-state index in [1.165, 1.54) is 0 Å². The van der Waals surface area contributed by atoms with Gasteiger partial charge in [0.25, 0.3) is 5.91 Å². The van der Waals surface area contributed by atoms with Gasteiger partial charge in [0.15, 0.2) is 0 Å². The van der Waals surface area contributed by atoms with E-state index < -0.39 is 5.91 Å². The van der Waals surface area contributed by atoms with Crippen LogP contribution in [0, 0.1) is 0 Å². The zero-order valence-corrected chi connectivity index (χ0v) is 16.8. The van der Waals surface area contributed by atoms with Gasteiger partial charge in [-0.3, -0.25) is 9.59 Å². The minimum atomic E-state index is -0.452. The number of hydrogen-bond donors (Lipinski definition) is 2. The highest BCUT2D eigenvalue weighted by molar-refractivity contribution is 6.30. The summed E-state index contributed by atoms with van der Waals surface area (Å²) in [5.74, 6) is -0.586. The molecule has 3 aromatic carbocycles. The topological polar surface area (TPSA) is 71.3 Å². The molecule has 0 unspecified atom stereocenters. The summed E-state index contributed by atoms with van der Waals surface area (Å²) in [7, 11) is 0. The number of fused-ring (bicyclic) bond motifs is 1. The lowest BCUT2D eigenvalue weighted by Gasteiger charge is -2.08. The normalized spacial score (nSPS) is 10.7. The summed E-state index contributed by atoms with van der Waals surface area (Å²) in [5.41, 5.74) is 2.55. The molecule has 0 radical (unpaired) electrons. The molecule has 0 saturated heterocycles. The number of carbonyl (C=O) groups is 2. The van der Waals surface area contributed by atoms with E-state index in [0.29, 0.717) is 40.2 Å². The third-order valence-electron chi connectivity index (χ3n) is 4.65. The van der Waals surface area contributed by atoms with Crippen LogP contribution in [-0.2, 0) is 11.2 Å². The molecule has 150 valence electrons. The third-order valence-corrected chi connectivity index (χ3v) is 4.90. The van der Waals surface area contributed by atoms with E-state index in [-0.39, 0.29) is 11.7 Å². The maximum absolute atomic E-state index is 12.9. The number of anilines is 2. The Labute approximate surface area is 178 Å². The number of amides is 2. The smallest absolute Gasteiger partial charge is 0.293 e. The predicted octanol–water partition coefficient (Wildman–Crippen LogP) is 5.91. The van der Waals surface area contributed by atoms with Gasteiger partial charge in [0, 0.05) is 22.5 Å². The van der Waals surface area contributed by atoms with Gasteiger partial charge in [0.1, 0.15) is 11.3 Å². The van der Waals surface area contributed by atoms with Gasteiger partial charge in [-0.1, -0.05) is 54.1 Å². The number of furan rings is 1. The molecule has 1 heterocycles. The molecule has 30 heavy (non-hydrogen) atoms. The second-order valence-corrected chi connectivity index (χ2v) is 7.23. The maximum atomic E-state index is 12.9. The van der Waals surface area contributed by atoms with Gasteiger partial charge in [0.2, 0.25) is 11.7 Å². The number of aryl methyl sites for hydroxylation is 1. The van der Waals surface area contributed by atoms with Crippen molar-refractivity contribution in [2.24, 2.45) is 0 Å². The van der Waals surface area contributed by atoms with Crippen molar-refractivity contribution in [3.63, 3.8) is 0 Å². The van der Waals surface area contributed by atoms with Crippen LogP contribution in [0.2, 0.25) is 5.02 Å². The third kappa shape index (κ3) is 4.53. The van der Waals surface area contributed by atoms with Crippen molar-refractivity contribution in [2.45, 2.75) is 12.8 Å². The van der Waals surface area contributed by atoms with E-state index >= 15 is 0 Å². The Kier molecular flexibility index (Phi) is 5.82. The highest BCUT2D eigenvalue weighted by Crippen LogP contribution is 2.31. The average Bonchev–Trinajstić information content (AvgIpc) is 3.13. The number of hydrogen-bond acceptors (Lipinski definition) is 3. The first kappa shape index (κ1) is 19.7. The Morgan fingerprint density at radius 3 is 2.30 bits per heavy atom. The molecular formula is C24H19ClN2O3. The summed E-state index contributed by atoms with van der Waals surface area (Å²) in [6.45, 7) is 0. The first-order chi connectivity index (χ1) is 14.6. The molecule has 0 aliphatic rings. The van der Waals surface area contributed by atoms with Gasteiger partial charge in [-0.2, -0.15) is 0 Å². The number of nitrogens with one attached hydrogen (secondary N) is 2. The Morgan fingerprint density at radius 1 is 0.833 bits per heavy atom. The molecule has 5 nitrogen and oxygen atoms in total. The molecule has 0 aliphatic carbocycles. The Bertz CT molecular complexity index is 1180. The van der Waals surface area contributed by atoms with E-state index in [1.54, 1.807) is 30.3 Å². The monoisotopic (exact) mass is 418 g/mol. The number of para-hydroxylation sites is 1. The quantitative estimate of drug-likeness (QED) is 0.409. The summed E-state index contributed by atoms with van der Waals surface area (Å²) in [4.78, 5) is 25.5. The van der Waals surface area contributed by atoms with Crippen molar-refractivity contribution in [2.75, 3.05) is 10.6 Å². The van der Waals surface area contributed by atoms with Crippen LogP contribution in [0.4, 0.5) is 11.4 Å². The molecule has 6 heteroatoms. The molecule has 2 amide bonds. The van der Waals surface area contributed by atoms with Crippen LogP contribution in [0.1, 0.15) is 22.5 Å². The minimum absolute atomic E-state index is 0.0548. The fourth-order valence-corrected chi connectivity index (χ4v) is 3.28. The van der Waals surface area contributed by atoms with Crippen LogP contribution in [0.15, 0.2) is 83.3 Å². The minimum Gasteiger partial charge on any atom is -0.449 e. The molecule has 4 rings (SSSR count). The summed E-state index contributed by atoms with van der Waals surface area (Å²) in [5, 5.41) is 6.89. The molecule has 1 aromatic heterocycles. The van der Waals surface area contributed by atoms with Crippen LogP contribution >= 0.6 is 11.6 Å². The first-order valence-electron chi connectivity index (χ1n) is 9.52. The van der Waals surface area contributed by atoms with Gasteiger partial charge in [-0.05, 0) is 48.4 Å². The van der Waals surface area contributed by atoms with Gasteiger partial charge in [-0.15, -0.1) is 0 Å². The SMILES string of the molecule is O=C(CCc1ccccc1)Nc1c(C(=O)Nc2ccc(Cl)cc2)oc2ccccc12. The molecule has 0 atom stereocenters. The molecule has 0 aliphatic heterocycles. The van der Waals surface area contributed by atoms with Gasteiger partial charge in [-0.25, -0.2) is 0 Å². The van der Waals surface area contributed by atoms with E-state index in [4.69, 9.17) is 16.0 Å². The van der Waals surface area contributed by atoms with Crippen molar-refractivity contribution in [3.05, 3.63) is 95.2 Å². The van der Waals surface area contributed by atoms with Crippen LogP contribution in [0.3, 0.4) is 0 Å². The lowest BCUT2D eigenvalue weighted by molar-refractivity contribution is -0.116. The van der Waals surface area contributed by atoms with E-state index in [1.807, 2.05) is 48.5 Å². The van der Waals surface area contributed by atoms with Crippen LogP contribution < -0.4 is 10.6 Å². The Balaban J connectivity index is 1.56. The second kappa shape index (κ2) is 8.84. The molecule has 0 saturated carbocycles. The molecule has 0 fully saturated rings. The molecule has 0 bridgehead atoms. The molecule has 0 spiro atoms. The first-order valence-corrected chi connectivity index (χ1v) is 9.90. The molecule has 2 N–H and O–H groups in total. The highest BCUT2D eigenvalue weighted by Gasteiger charge is 2.22. The number of benzene rings is 3. The summed E-state index contributed by atoms with van der Waals surface area (Å²) in [6.07, 6.45) is 0.899. The fourth-order valence-electron chi connectivity index (χ4n) is 3.16. The standard InChI is InChI=1S/C24H19ClN2O3/c25-17-11-13-18(14-12-17)26-24(29)23-22(19-8-4-5-9-20(19)30-23)27-21(28)15-10-16-6-2-1-3-7-16/h1-9,11-14H,10,15H2,(H,26,29)(H,27,28). The average molecular weight is 419 g/mol. The number of carbonyl (C=O) groups excluding carboxylic acids is 2. The van der Waals surface area contributed by atoms with Gasteiger partial charge >= 0.3 is 0 Å². The Morgan fingerprint density at radius 2 is 1.53 bits per heavy atom. The van der Waals surface area contributed by atoms with E-state index in [9.17, 15) is 9.59 Å². The van der Waals surface area contributed by atoms with Crippen LogP contribution in [0.25, 0.3) is 11.0 Å². The van der Waals surface area contributed by atoms with Crippen molar-refractivity contribution in [1.82, 2.24) is 0 Å². The predicted molar refractivity (Wildman–Crippen MR) is 119 cm³/mol. The largest absolute Gasteiger partial charge is 0.449 e. The summed E-state index contributed by atoms with van der Waals surface area (Å²) >= 11 is 5.90. The van der Waals surface area contributed by atoms with Crippen LogP contribution in [0.5, 0.6) is 0 Å². The number of halogens is 1. The zero-order chi connectivity index (χ0) is 20.9. The second-order valence-electron chi connectivity index (χ2n) is 6.80. The zero-order valence-electron chi connectivity index (χ0n) is 16.0. The summed E-state index contributed by atoms with van der Waals surface area (Å²) < 4.78 is 5.77. The summed E-state index contributed by atoms with van der Waals surface area (Å²) in [6, 6.07) is 23.7. The van der Waals surface area contributed by atoms with Gasteiger partial charge in [0.05, 0.1) is 0 Å². The van der Waals surface area contributed by atoms with Crippen molar-refractivity contribution in [1.29, 1.82) is 0 Å². The molecular weight excluding hydrogens is 400 g/mol. The fraction of sp³-hybridized carbons (Fsp3) is 0.0833. The molecule has 4 aromatic rings. The highest BCUT2D eigenvalue weighted by atomic mass is 35.5. The Hall–Kier alpha value is -3.57. The van der Waals surface area contributed by atoms with E-state index in [2.05, 4.69) is 10.6 Å². The lowest BCUT2D eigenvalue weighted by atomic mass is 10.1. The number of rotatable bonds is 6. The van der Waals surface area contributed by atoms with Crippen molar-refractivity contribution >= 4 is 45.8 Å². The van der Waals surface area contributed by atoms with Crippen molar-refractivity contribution < 1.29 is 14.0 Å². The van der Waals surface area contributed by atoms with Gasteiger partial charge < -0.3 is 15.1 Å².